The number of furan rings is 1. The molecule has 1 fully saturated rings. The Balaban J connectivity index is 0.00000176. The first kappa shape index (κ1) is 16.6. The first-order valence-corrected chi connectivity index (χ1v) is 7.23. The Morgan fingerprint density at radius 2 is 2.32 bits per heavy atom. The molecule has 120 valence electrons. The van der Waals surface area contributed by atoms with Gasteiger partial charge in [-0.15, -0.1) is 12.4 Å². The van der Waals surface area contributed by atoms with E-state index in [2.05, 4.69) is 12.2 Å². The summed E-state index contributed by atoms with van der Waals surface area (Å²) in [7, 11) is 1.63. The van der Waals surface area contributed by atoms with Gasteiger partial charge in [0.2, 0.25) is 5.91 Å². The predicted octanol–water partition coefficient (Wildman–Crippen LogP) is 2.23. The SMILES string of the molecule is COc1ccc2c(CC(=O)N3CCNC[C@H]3C)coc2c1.Cl. The van der Waals surface area contributed by atoms with Gasteiger partial charge in [0.15, 0.2) is 0 Å². The number of halogens is 1. The van der Waals surface area contributed by atoms with Crippen LogP contribution in [-0.4, -0.2) is 43.6 Å². The van der Waals surface area contributed by atoms with Gasteiger partial charge in [0.1, 0.15) is 11.3 Å². The van der Waals surface area contributed by atoms with E-state index in [1.807, 2.05) is 23.1 Å². The fraction of sp³-hybridized carbons (Fsp3) is 0.438. The smallest absolute Gasteiger partial charge is 0.227 e. The standard InChI is InChI=1S/C16H20N2O3.ClH/c1-11-9-17-5-6-18(11)16(19)7-12-10-21-15-8-13(20-2)3-4-14(12)15;/h3-4,8,10-11,17H,5-7,9H2,1-2H3;1H/t11-;/m1./s1. The van der Waals surface area contributed by atoms with Gasteiger partial charge in [0.25, 0.3) is 0 Å². The molecule has 1 aliphatic heterocycles. The molecule has 5 nitrogen and oxygen atoms in total. The molecule has 2 heterocycles. The van der Waals surface area contributed by atoms with Crippen molar-refractivity contribution in [1.82, 2.24) is 10.2 Å². The molecule has 1 saturated heterocycles. The van der Waals surface area contributed by atoms with Crippen LogP contribution in [0.3, 0.4) is 0 Å². The number of nitrogens with one attached hydrogen (secondary N) is 1. The molecule has 0 radical (unpaired) electrons. The van der Waals surface area contributed by atoms with E-state index in [4.69, 9.17) is 9.15 Å². The Hall–Kier alpha value is -1.72. The first-order chi connectivity index (χ1) is 10.2. The molecule has 6 heteroatoms. The Bertz CT molecular complexity index is 656. The van der Waals surface area contributed by atoms with Crippen LogP contribution in [-0.2, 0) is 11.2 Å². The molecule has 1 aromatic carbocycles. The zero-order valence-electron chi connectivity index (χ0n) is 12.8. The first-order valence-electron chi connectivity index (χ1n) is 7.23. The summed E-state index contributed by atoms with van der Waals surface area (Å²) in [5, 5.41) is 4.27. The molecule has 1 aliphatic rings. The molecule has 0 unspecified atom stereocenters. The Morgan fingerprint density at radius 3 is 3.05 bits per heavy atom. The van der Waals surface area contributed by atoms with Crippen molar-refractivity contribution in [2.24, 2.45) is 0 Å². The summed E-state index contributed by atoms with van der Waals surface area (Å²) in [6.07, 6.45) is 2.05. The van der Waals surface area contributed by atoms with Gasteiger partial charge < -0.3 is 19.4 Å². The summed E-state index contributed by atoms with van der Waals surface area (Å²) >= 11 is 0. The fourth-order valence-corrected chi connectivity index (χ4v) is 2.80. The largest absolute Gasteiger partial charge is 0.497 e. The maximum atomic E-state index is 12.5. The maximum Gasteiger partial charge on any atom is 0.227 e. The van der Waals surface area contributed by atoms with Gasteiger partial charge in [-0.3, -0.25) is 4.79 Å². The number of piperazine rings is 1. The number of carbonyl (C=O) groups excluding carboxylic acids is 1. The van der Waals surface area contributed by atoms with Crippen molar-refractivity contribution in [3.63, 3.8) is 0 Å². The molecule has 1 N–H and O–H groups in total. The molecule has 0 bridgehead atoms. The summed E-state index contributed by atoms with van der Waals surface area (Å²) in [6.45, 7) is 4.56. The number of fused-ring (bicyclic) bond motifs is 1. The van der Waals surface area contributed by atoms with Crippen molar-refractivity contribution >= 4 is 29.3 Å². The van der Waals surface area contributed by atoms with Gasteiger partial charge in [-0.25, -0.2) is 0 Å². The van der Waals surface area contributed by atoms with Crippen molar-refractivity contribution in [2.45, 2.75) is 19.4 Å². The third-order valence-corrected chi connectivity index (χ3v) is 4.03. The highest BCUT2D eigenvalue weighted by Crippen LogP contribution is 2.26. The van der Waals surface area contributed by atoms with Gasteiger partial charge in [-0.2, -0.15) is 0 Å². The predicted molar refractivity (Wildman–Crippen MR) is 87.8 cm³/mol. The van der Waals surface area contributed by atoms with E-state index in [9.17, 15) is 4.79 Å². The number of hydrogen-bond donors (Lipinski definition) is 1. The lowest BCUT2D eigenvalue weighted by molar-refractivity contribution is -0.133. The molecule has 1 amide bonds. The Kier molecular flexibility index (Phi) is 5.32. The molecule has 2 aromatic rings. The molecular formula is C16H21ClN2O3. The number of amides is 1. The van der Waals surface area contributed by atoms with E-state index in [-0.39, 0.29) is 24.4 Å². The summed E-state index contributed by atoms with van der Waals surface area (Å²) in [6, 6.07) is 5.92. The number of nitrogens with zero attached hydrogens (tertiary/aromatic N) is 1. The second-order valence-corrected chi connectivity index (χ2v) is 5.44. The van der Waals surface area contributed by atoms with Gasteiger partial charge in [-0.05, 0) is 19.1 Å². The molecule has 1 atom stereocenters. The third-order valence-electron chi connectivity index (χ3n) is 4.03. The van der Waals surface area contributed by atoms with Crippen LogP contribution in [0.1, 0.15) is 12.5 Å². The van der Waals surface area contributed by atoms with Crippen molar-refractivity contribution in [3.8, 4) is 5.75 Å². The monoisotopic (exact) mass is 324 g/mol. The minimum absolute atomic E-state index is 0. The highest BCUT2D eigenvalue weighted by Gasteiger charge is 2.23. The van der Waals surface area contributed by atoms with E-state index in [1.165, 1.54) is 0 Å². The van der Waals surface area contributed by atoms with Crippen LogP contribution in [0.4, 0.5) is 0 Å². The van der Waals surface area contributed by atoms with E-state index in [0.29, 0.717) is 6.42 Å². The fourth-order valence-electron chi connectivity index (χ4n) is 2.80. The zero-order valence-corrected chi connectivity index (χ0v) is 13.6. The second kappa shape index (κ2) is 7.03. The van der Waals surface area contributed by atoms with Crippen LogP contribution in [0.2, 0.25) is 0 Å². The average Bonchev–Trinajstić information content (AvgIpc) is 2.89. The van der Waals surface area contributed by atoms with E-state index in [1.54, 1.807) is 13.4 Å². The minimum atomic E-state index is 0. The van der Waals surface area contributed by atoms with Crippen LogP contribution < -0.4 is 10.1 Å². The van der Waals surface area contributed by atoms with Crippen molar-refractivity contribution < 1.29 is 13.9 Å². The Labute approximate surface area is 136 Å². The highest BCUT2D eigenvalue weighted by molar-refractivity contribution is 5.88. The van der Waals surface area contributed by atoms with Crippen molar-refractivity contribution in [2.75, 3.05) is 26.7 Å². The van der Waals surface area contributed by atoms with Crippen LogP contribution in [0, 0.1) is 0 Å². The third kappa shape index (κ3) is 3.20. The molecule has 22 heavy (non-hydrogen) atoms. The summed E-state index contributed by atoms with van der Waals surface area (Å²) in [4.78, 5) is 14.4. The maximum absolute atomic E-state index is 12.5. The van der Waals surface area contributed by atoms with Crippen molar-refractivity contribution in [3.05, 3.63) is 30.0 Å². The van der Waals surface area contributed by atoms with Gasteiger partial charge in [-0.1, -0.05) is 0 Å². The molecule has 0 spiro atoms. The van der Waals surface area contributed by atoms with Crippen LogP contribution >= 0.6 is 12.4 Å². The lowest BCUT2D eigenvalue weighted by Gasteiger charge is -2.34. The number of hydrogen-bond acceptors (Lipinski definition) is 4. The molecule has 0 saturated carbocycles. The summed E-state index contributed by atoms with van der Waals surface area (Å²) < 4.78 is 10.7. The van der Waals surface area contributed by atoms with Crippen LogP contribution in [0.25, 0.3) is 11.0 Å². The van der Waals surface area contributed by atoms with E-state index >= 15 is 0 Å². The number of carbonyl (C=O) groups is 1. The van der Waals surface area contributed by atoms with E-state index in [0.717, 1.165) is 41.9 Å². The van der Waals surface area contributed by atoms with Gasteiger partial charge >= 0.3 is 0 Å². The summed E-state index contributed by atoms with van der Waals surface area (Å²) in [5.41, 5.74) is 1.69. The second-order valence-electron chi connectivity index (χ2n) is 5.44. The minimum Gasteiger partial charge on any atom is -0.497 e. The number of benzene rings is 1. The normalized spacial score (nSPS) is 18.1. The average molecular weight is 325 g/mol. The van der Waals surface area contributed by atoms with E-state index < -0.39 is 0 Å². The number of ether oxygens (including phenoxy) is 1. The van der Waals surface area contributed by atoms with Gasteiger partial charge in [0, 0.05) is 42.7 Å². The lowest BCUT2D eigenvalue weighted by atomic mass is 10.1. The molecule has 1 aromatic heterocycles. The van der Waals surface area contributed by atoms with Gasteiger partial charge in [0.05, 0.1) is 19.8 Å². The van der Waals surface area contributed by atoms with Crippen molar-refractivity contribution in [1.29, 1.82) is 0 Å². The summed E-state index contributed by atoms with van der Waals surface area (Å²) in [5.74, 6) is 0.910. The number of rotatable bonds is 3. The molecule has 3 rings (SSSR count). The molecular weight excluding hydrogens is 304 g/mol. The topological polar surface area (TPSA) is 54.7 Å². The van der Waals surface area contributed by atoms with Crippen LogP contribution in [0.5, 0.6) is 5.75 Å². The molecule has 0 aliphatic carbocycles. The number of methoxy groups -OCH3 is 1. The Morgan fingerprint density at radius 1 is 1.50 bits per heavy atom. The quantitative estimate of drug-likeness (QED) is 0.940. The lowest BCUT2D eigenvalue weighted by Crippen LogP contribution is -2.52. The highest BCUT2D eigenvalue weighted by atomic mass is 35.5. The van der Waals surface area contributed by atoms with Crippen LogP contribution in [0.15, 0.2) is 28.9 Å². The zero-order chi connectivity index (χ0) is 14.8.